The van der Waals surface area contributed by atoms with Crippen molar-refractivity contribution in [1.82, 2.24) is 0 Å². The summed E-state index contributed by atoms with van der Waals surface area (Å²) >= 11 is 3.15. The third kappa shape index (κ3) is 4.88. The Labute approximate surface area is 127 Å². The van der Waals surface area contributed by atoms with Crippen LogP contribution < -0.4 is 0 Å². The van der Waals surface area contributed by atoms with Crippen LogP contribution in [0.5, 0.6) is 0 Å². The van der Waals surface area contributed by atoms with E-state index in [2.05, 4.69) is 15.9 Å². The summed E-state index contributed by atoms with van der Waals surface area (Å²) in [6, 6.07) is 4.09. The van der Waals surface area contributed by atoms with Crippen molar-refractivity contribution in [3.63, 3.8) is 0 Å². The van der Waals surface area contributed by atoms with Crippen molar-refractivity contribution < 1.29 is 23.1 Å². The van der Waals surface area contributed by atoms with E-state index >= 15 is 0 Å². The summed E-state index contributed by atoms with van der Waals surface area (Å²) in [5, 5.41) is 9.05. The molecule has 0 saturated heterocycles. The molecule has 0 spiro atoms. The molecule has 7 heteroatoms. The molecule has 20 heavy (non-hydrogen) atoms. The average molecular weight is 365 g/mol. The van der Waals surface area contributed by atoms with Crippen molar-refractivity contribution in [1.29, 1.82) is 0 Å². The van der Waals surface area contributed by atoms with Crippen LogP contribution in [0.3, 0.4) is 0 Å². The van der Waals surface area contributed by atoms with E-state index in [0.29, 0.717) is 11.1 Å². The lowest BCUT2D eigenvalue weighted by Gasteiger charge is -2.09. The van der Waals surface area contributed by atoms with E-state index in [1.165, 1.54) is 18.2 Å². The van der Waals surface area contributed by atoms with Crippen LogP contribution in [0.2, 0.25) is 0 Å². The van der Waals surface area contributed by atoms with Crippen LogP contribution in [0.4, 0.5) is 0 Å². The lowest BCUT2D eigenvalue weighted by molar-refractivity contribution is 0.0692. The molecule has 0 fully saturated rings. The molecule has 1 rings (SSSR count). The van der Waals surface area contributed by atoms with E-state index < -0.39 is 15.8 Å². The van der Waals surface area contributed by atoms with Crippen molar-refractivity contribution in [2.24, 2.45) is 0 Å². The summed E-state index contributed by atoms with van der Waals surface area (Å²) in [5.74, 6) is -1.49. The monoisotopic (exact) mass is 364 g/mol. The largest absolute Gasteiger partial charge is 0.478 e. The third-order valence-corrected chi connectivity index (χ3v) is 4.85. The Morgan fingerprint density at radius 1 is 1.35 bits per heavy atom. The molecule has 0 aliphatic carbocycles. The second-order valence-corrected chi connectivity index (χ2v) is 7.22. The number of hydrogen-bond acceptors (Lipinski definition) is 4. The number of carboxylic acids is 1. The van der Waals surface area contributed by atoms with Crippen LogP contribution >= 0.6 is 15.9 Å². The molecule has 0 unspecified atom stereocenters. The van der Waals surface area contributed by atoms with Crippen LogP contribution in [0.1, 0.15) is 30.1 Å². The number of benzene rings is 1. The van der Waals surface area contributed by atoms with Gasteiger partial charge in [-0.3, -0.25) is 0 Å². The standard InChI is InChI=1S/C13H17BrO5S/c1-2-3-6-19-7-8-20(17,18)12-9-10(14)4-5-11(12)13(15)16/h4-5,9H,2-3,6-8H2,1H3,(H,15,16). The molecule has 5 nitrogen and oxygen atoms in total. The Balaban J connectivity index is 2.86. The van der Waals surface area contributed by atoms with Crippen molar-refractivity contribution in [2.45, 2.75) is 24.7 Å². The van der Waals surface area contributed by atoms with Gasteiger partial charge in [0.2, 0.25) is 0 Å². The number of carbonyl (C=O) groups is 1. The van der Waals surface area contributed by atoms with Crippen LogP contribution in [-0.2, 0) is 14.6 Å². The Kier molecular flexibility index (Phi) is 6.64. The number of carboxylic acid groups (broad SMARTS) is 1. The van der Waals surface area contributed by atoms with Crippen molar-refractivity contribution >= 4 is 31.7 Å². The summed E-state index contributed by atoms with van der Waals surface area (Å²) in [6.45, 7) is 2.59. The molecule has 0 heterocycles. The zero-order valence-corrected chi connectivity index (χ0v) is 13.5. The molecule has 0 aliphatic rings. The van der Waals surface area contributed by atoms with Crippen LogP contribution in [0.15, 0.2) is 27.6 Å². The molecule has 0 aliphatic heterocycles. The van der Waals surface area contributed by atoms with Crippen molar-refractivity contribution in [3.05, 3.63) is 28.2 Å². The average Bonchev–Trinajstić information content (AvgIpc) is 2.38. The molecular weight excluding hydrogens is 348 g/mol. The summed E-state index contributed by atoms with van der Waals surface area (Å²) in [5.41, 5.74) is -0.221. The molecule has 1 aromatic carbocycles. The van der Waals surface area contributed by atoms with Gasteiger partial charge in [0.15, 0.2) is 9.84 Å². The zero-order chi connectivity index (χ0) is 15.2. The van der Waals surface area contributed by atoms with Gasteiger partial charge in [-0.1, -0.05) is 29.3 Å². The first kappa shape index (κ1) is 17.1. The fourth-order valence-electron chi connectivity index (χ4n) is 1.56. The molecule has 0 atom stereocenters. The van der Waals surface area contributed by atoms with E-state index in [0.717, 1.165) is 12.8 Å². The predicted octanol–water partition coefficient (Wildman–Crippen LogP) is 2.74. The Hall–Kier alpha value is -0.920. The normalized spacial score (nSPS) is 11.5. The third-order valence-electron chi connectivity index (χ3n) is 2.65. The van der Waals surface area contributed by atoms with Gasteiger partial charge in [-0.25, -0.2) is 13.2 Å². The van der Waals surface area contributed by atoms with Crippen molar-refractivity contribution in [2.75, 3.05) is 19.0 Å². The highest BCUT2D eigenvalue weighted by atomic mass is 79.9. The van der Waals surface area contributed by atoms with Gasteiger partial charge in [-0.15, -0.1) is 0 Å². The van der Waals surface area contributed by atoms with Gasteiger partial charge in [0.25, 0.3) is 0 Å². The predicted molar refractivity (Wildman–Crippen MR) is 78.9 cm³/mol. The maximum atomic E-state index is 12.2. The fraction of sp³-hybridized carbons (Fsp3) is 0.462. The Bertz CT molecular complexity index is 568. The SMILES string of the molecule is CCCCOCCS(=O)(=O)c1cc(Br)ccc1C(=O)O. The molecule has 0 aromatic heterocycles. The first-order valence-corrected chi connectivity index (χ1v) is 8.66. The highest BCUT2D eigenvalue weighted by Gasteiger charge is 2.22. The number of aromatic carboxylic acids is 1. The van der Waals surface area contributed by atoms with Gasteiger partial charge < -0.3 is 9.84 Å². The number of halogens is 1. The first-order chi connectivity index (χ1) is 9.38. The van der Waals surface area contributed by atoms with Gasteiger partial charge >= 0.3 is 5.97 Å². The minimum atomic E-state index is -3.68. The van der Waals surface area contributed by atoms with E-state index in [-0.39, 0.29) is 22.8 Å². The molecule has 0 saturated carbocycles. The summed E-state index contributed by atoms with van der Waals surface area (Å²) in [4.78, 5) is 10.9. The molecule has 0 radical (unpaired) electrons. The number of rotatable bonds is 8. The molecule has 0 amide bonds. The summed E-state index contributed by atoms with van der Waals surface area (Å²) < 4.78 is 30.1. The van der Waals surface area contributed by atoms with Gasteiger partial charge in [-0.2, -0.15) is 0 Å². The van der Waals surface area contributed by atoms with Crippen molar-refractivity contribution in [3.8, 4) is 0 Å². The number of ether oxygens (including phenoxy) is 1. The maximum absolute atomic E-state index is 12.2. The maximum Gasteiger partial charge on any atom is 0.337 e. The molecular formula is C13H17BrO5S. The topological polar surface area (TPSA) is 80.7 Å². The first-order valence-electron chi connectivity index (χ1n) is 6.22. The van der Waals surface area contributed by atoms with E-state index in [9.17, 15) is 13.2 Å². The Morgan fingerprint density at radius 3 is 2.65 bits per heavy atom. The lowest BCUT2D eigenvalue weighted by Crippen LogP contribution is -2.16. The van der Waals surface area contributed by atoms with Crippen LogP contribution in [0.25, 0.3) is 0 Å². The number of hydrogen-bond donors (Lipinski definition) is 1. The summed E-state index contributed by atoms with van der Waals surface area (Å²) in [6.07, 6.45) is 1.85. The van der Waals surface area contributed by atoms with Crippen LogP contribution in [-0.4, -0.2) is 38.5 Å². The second kappa shape index (κ2) is 7.75. The lowest BCUT2D eigenvalue weighted by atomic mass is 10.2. The highest BCUT2D eigenvalue weighted by Crippen LogP contribution is 2.22. The smallest absolute Gasteiger partial charge is 0.337 e. The fourth-order valence-corrected chi connectivity index (χ4v) is 3.42. The summed E-state index contributed by atoms with van der Waals surface area (Å²) in [7, 11) is -3.68. The van der Waals surface area contributed by atoms with Crippen LogP contribution in [0, 0.1) is 0 Å². The van der Waals surface area contributed by atoms with Gasteiger partial charge in [0.1, 0.15) is 0 Å². The number of unbranched alkanes of at least 4 members (excludes halogenated alkanes) is 1. The quantitative estimate of drug-likeness (QED) is 0.717. The molecule has 0 bridgehead atoms. The van der Waals surface area contributed by atoms with Gasteiger partial charge in [-0.05, 0) is 24.6 Å². The zero-order valence-electron chi connectivity index (χ0n) is 11.1. The second-order valence-electron chi connectivity index (χ2n) is 4.23. The van der Waals surface area contributed by atoms with E-state index in [4.69, 9.17) is 9.84 Å². The number of sulfone groups is 1. The minimum absolute atomic E-state index is 0.0634. The molecule has 112 valence electrons. The Morgan fingerprint density at radius 2 is 2.05 bits per heavy atom. The minimum Gasteiger partial charge on any atom is -0.478 e. The molecule has 1 N–H and O–H groups in total. The van der Waals surface area contributed by atoms with Gasteiger partial charge in [0, 0.05) is 11.1 Å². The van der Waals surface area contributed by atoms with E-state index in [1.54, 1.807) is 0 Å². The highest BCUT2D eigenvalue weighted by molar-refractivity contribution is 9.10. The molecule has 1 aromatic rings. The van der Waals surface area contributed by atoms with E-state index in [1.807, 2.05) is 6.92 Å². The van der Waals surface area contributed by atoms with Gasteiger partial charge in [0.05, 0.1) is 22.8 Å².